The summed E-state index contributed by atoms with van der Waals surface area (Å²) in [5, 5.41) is 14.0. The molecule has 0 radical (unpaired) electrons. The second-order valence-corrected chi connectivity index (χ2v) is 4.87. The largest absolute Gasteiger partial charge is 0.409 e. The zero-order chi connectivity index (χ0) is 12.9. The molecule has 0 aromatic rings. The summed E-state index contributed by atoms with van der Waals surface area (Å²) < 4.78 is 0. The lowest BCUT2D eigenvalue weighted by atomic mass is 9.96. The number of amidine groups is 1. The predicted octanol–water partition coefficient (Wildman–Crippen LogP) is 0.114. The summed E-state index contributed by atoms with van der Waals surface area (Å²) in [7, 11) is 4.09. The number of carbonyl (C=O) groups excluding carboxylic acids is 1. The minimum Gasteiger partial charge on any atom is -0.409 e. The van der Waals surface area contributed by atoms with Crippen LogP contribution in [0.25, 0.3) is 0 Å². The summed E-state index contributed by atoms with van der Waals surface area (Å²) in [5.41, 5.74) is 5.35. The van der Waals surface area contributed by atoms with E-state index in [4.69, 9.17) is 10.9 Å². The van der Waals surface area contributed by atoms with E-state index in [9.17, 15) is 4.79 Å². The second kappa shape index (κ2) is 5.86. The summed E-state index contributed by atoms with van der Waals surface area (Å²) in [6, 6.07) is 0. The van der Waals surface area contributed by atoms with Gasteiger partial charge in [0.2, 0.25) is 5.91 Å². The molecule has 6 nitrogen and oxygen atoms in total. The van der Waals surface area contributed by atoms with E-state index in [1.165, 1.54) is 12.8 Å². The molecule has 4 N–H and O–H groups in total. The molecule has 6 heteroatoms. The fraction of sp³-hybridized carbons (Fsp3) is 0.818. The summed E-state index contributed by atoms with van der Waals surface area (Å²) in [6.07, 6.45) is 4.55. The number of rotatable bonds is 5. The van der Waals surface area contributed by atoms with Crippen molar-refractivity contribution in [1.29, 1.82) is 0 Å². The molecule has 1 saturated carbocycles. The molecule has 0 bridgehead atoms. The van der Waals surface area contributed by atoms with Crippen LogP contribution in [0.15, 0.2) is 5.16 Å². The average Bonchev–Trinajstić information content (AvgIpc) is 2.76. The molecule has 17 heavy (non-hydrogen) atoms. The van der Waals surface area contributed by atoms with Gasteiger partial charge in [0.15, 0.2) is 0 Å². The van der Waals surface area contributed by atoms with Crippen LogP contribution in [0.2, 0.25) is 0 Å². The van der Waals surface area contributed by atoms with Crippen LogP contribution < -0.4 is 11.1 Å². The van der Waals surface area contributed by atoms with Crippen LogP contribution in [0, 0.1) is 0 Å². The molecule has 1 fully saturated rings. The Morgan fingerprint density at radius 3 is 2.53 bits per heavy atom. The standard InChI is InChI=1S/C11H22N4O2/c1-15(2)11(5-3-4-6-11)8-13-10(16)7-9(12)14-17/h17H,3-8H2,1-2H3,(H2,12,14)(H,13,16). The third-order valence-electron chi connectivity index (χ3n) is 3.57. The van der Waals surface area contributed by atoms with E-state index in [0.717, 1.165) is 12.8 Å². The number of amides is 1. The maximum atomic E-state index is 11.5. The van der Waals surface area contributed by atoms with E-state index in [2.05, 4.69) is 15.4 Å². The third kappa shape index (κ3) is 3.59. The highest BCUT2D eigenvalue weighted by Crippen LogP contribution is 2.32. The monoisotopic (exact) mass is 242 g/mol. The van der Waals surface area contributed by atoms with Crippen molar-refractivity contribution in [2.45, 2.75) is 37.6 Å². The Balaban J connectivity index is 2.45. The van der Waals surface area contributed by atoms with Crippen LogP contribution in [0.5, 0.6) is 0 Å². The molecule has 0 aliphatic heterocycles. The van der Waals surface area contributed by atoms with Crippen molar-refractivity contribution in [3.8, 4) is 0 Å². The Bertz CT molecular complexity index is 296. The van der Waals surface area contributed by atoms with Gasteiger partial charge in [-0.25, -0.2) is 0 Å². The van der Waals surface area contributed by atoms with Crippen molar-refractivity contribution in [1.82, 2.24) is 10.2 Å². The lowest BCUT2D eigenvalue weighted by Crippen LogP contribution is -2.51. The summed E-state index contributed by atoms with van der Waals surface area (Å²) in [6.45, 7) is 0.623. The second-order valence-electron chi connectivity index (χ2n) is 4.87. The van der Waals surface area contributed by atoms with E-state index >= 15 is 0 Å². The molecule has 1 aliphatic rings. The van der Waals surface area contributed by atoms with Gasteiger partial charge in [0.25, 0.3) is 0 Å². The number of oxime groups is 1. The van der Waals surface area contributed by atoms with E-state index in [1.807, 2.05) is 14.1 Å². The van der Waals surface area contributed by atoms with E-state index < -0.39 is 0 Å². The van der Waals surface area contributed by atoms with Gasteiger partial charge in [-0.15, -0.1) is 0 Å². The van der Waals surface area contributed by atoms with Crippen LogP contribution in [-0.2, 0) is 4.79 Å². The van der Waals surface area contributed by atoms with Crippen molar-refractivity contribution in [3.05, 3.63) is 0 Å². The van der Waals surface area contributed by atoms with Gasteiger partial charge >= 0.3 is 0 Å². The van der Waals surface area contributed by atoms with Gasteiger partial charge in [-0.3, -0.25) is 4.79 Å². The number of nitrogens with zero attached hydrogens (tertiary/aromatic N) is 2. The maximum Gasteiger partial charge on any atom is 0.227 e. The number of hydrogen-bond acceptors (Lipinski definition) is 4. The first-order valence-corrected chi connectivity index (χ1v) is 5.91. The Kier molecular flexibility index (Phi) is 4.74. The topological polar surface area (TPSA) is 91.0 Å². The maximum absolute atomic E-state index is 11.5. The van der Waals surface area contributed by atoms with Crippen LogP contribution >= 0.6 is 0 Å². The molecular formula is C11H22N4O2. The fourth-order valence-corrected chi connectivity index (χ4v) is 2.34. The smallest absolute Gasteiger partial charge is 0.227 e. The molecule has 98 valence electrons. The molecule has 0 saturated heterocycles. The van der Waals surface area contributed by atoms with Crippen molar-refractivity contribution in [2.75, 3.05) is 20.6 Å². The van der Waals surface area contributed by atoms with Crippen LogP contribution in [0.1, 0.15) is 32.1 Å². The van der Waals surface area contributed by atoms with E-state index in [-0.39, 0.29) is 23.7 Å². The number of carbonyl (C=O) groups is 1. The Morgan fingerprint density at radius 2 is 2.06 bits per heavy atom. The number of likely N-dealkylation sites (N-methyl/N-ethyl adjacent to an activating group) is 1. The first kappa shape index (κ1) is 13.8. The van der Waals surface area contributed by atoms with Crippen molar-refractivity contribution >= 4 is 11.7 Å². The molecule has 0 heterocycles. The fourth-order valence-electron chi connectivity index (χ4n) is 2.34. The van der Waals surface area contributed by atoms with Gasteiger partial charge in [-0.1, -0.05) is 18.0 Å². The first-order chi connectivity index (χ1) is 8.00. The molecule has 1 rings (SSSR count). The van der Waals surface area contributed by atoms with Gasteiger partial charge in [0.1, 0.15) is 5.84 Å². The van der Waals surface area contributed by atoms with Crippen LogP contribution in [0.4, 0.5) is 0 Å². The molecule has 0 atom stereocenters. The SMILES string of the molecule is CN(C)C1(CNC(=O)CC(N)=NO)CCCC1. The number of nitrogens with one attached hydrogen (secondary N) is 1. The lowest BCUT2D eigenvalue weighted by Gasteiger charge is -2.36. The zero-order valence-electron chi connectivity index (χ0n) is 10.6. The van der Waals surface area contributed by atoms with Gasteiger partial charge in [0, 0.05) is 12.1 Å². The zero-order valence-corrected chi connectivity index (χ0v) is 10.6. The minimum absolute atomic E-state index is 0.0555. The summed E-state index contributed by atoms with van der Waals surface area (Å²) in [4.78, 5) is 13.7. The molecule has 0 aromatic heterocycles. The van der Waals surface area contributed by atoms with Crippen LogP contribution in [-0.4, -0.2) is 48.0 Å². The molecule has 0 unspecified atom stereocenters. The minimum atomic E-state index is -0.201. The van der Waals surface area contributed by atoms with Gasteiger partial charge in [-0.2, -0.15) is 0 Å². The van der Waals surface area contributed by atoms with E-state index in [0.29, 0.717) is 6.54 Å². The molecular weight excluding hydrogens is 220 g/mol. The Morgan fingerprint density at radius 1 is 1.47 bits per heavy atom. The summed E-state index contributed by atoms with van der Waals surface area (Å²) in [5.74, 6) is -0.263. The average molecular weight is 242 g/mol. The molecule has 0 aromatic carbocycles. The molecule has 0 spiro atoms. The highest BCUT2D eigenvalue weighted by atomic mass is 16.4. The number of hydrogen-bond donors (Lipinski definition) is 3. The Labute approximate surface area is 102 Å². The van der Waals surface area contributed by atoms with Crippen LogP contribution in [0.3, 0.4) is 0 Å². The normalized spacial score (nSPS) is 19.6. The lowest BCUT2D eigenvalue weighted by molar-refractivity contribution is -0.120. The summed E-state index contributed by atoms with van der Waals surface area (Å²) >= 11 is 0. The van der Waals surface area contributed by atoms with Crippen molar-refractivity contribution in [3.63, 3.8) is 0 Å². The van der Waals surface area contributed by atoms with Gasteiger partial charge in [0.05, 0.1) is 6.42 Å². The molecule has 1 aliphatic carbocycles. The van der Waals surface area contributed by atoms with Crippen molar-refractivity contribution < 1.29 is 10.0 Å². The van der Waals surface area contributed by atoms with Gasteiger partial charge < -0.3 is 21.2 Å². The Hall–Kier alpha value is -1.30. The first-order valence-electron chi connectivity index (χ1n) is 5.91. The predicted molar refractivity (Wildman–Crippen MR) is 65.9 cm³/mol. The quantitative estimate of drug-likeness (QED) is 0.276. The number of nitrogens with two attached hydrogens (primary N) is 1. The highest BCUT2D eigenvalue weighted by Gasteiger charge is 2.36. The molecule has 1 amide bonds. The third-order valence-corrected chi connectivity index (χ3v) is 3.57. The van der Waals surface area contributed by atoms with Gasteiger partial charge in [-0.05, 0) is 26.9 Å². The van der Waals surface area contributed by atoms with Crippen molar-refractivity contribution in [2.24, 2.45) is 10.9 Å². The van der Waals surface area contributed by atoms with E-state index in [1.54, 1.807) is 0 Å². The highest BCUT2D eigenvalue weighted by molar-refractivity contribution is 5.98.